The first-order valence-corrected chi connectivity index (χ1v) is 11.6. The highest BCUT2D eigenvalue weighted by molar-refractivity contribution is 8.00. The van der Waals surface area contributed by atoms with Crippen LogP contribution < -0.4 is 5.32 Å². The van der Waals surface area contributed by atoms with Gasteiger partial charge < -0.3 is 5.32 Å². The van der Waals surface area contributed by atoms with Crippen molar-refractivity contribution in [3.63, 3.8) is 0 Å². The number of anilines is 1. The van der Waals surface area contributed by atoms with Gasteiger partial charge in [-0.05, 0) is 62.8 Å². The summed E-state index contributed by atoms with van der Waals surface area (Å²) in [4.78, 5) is 18.5. The normalized spacial score (nSPS) is 12.8. The van der Waals surface area contributed by atoms with E-state index < -0.39 is 0 Å². The quantitative estimate of drug-likeness (QED) is 0.568. The molecule has 0 bridgehead atoms. The molecular formula is C23H20N4OS2. The van der Waals surface area contributed by atoms with Gasteiger partial charge >= 0.3 is 0 Å². The van der Waals surface area contributed by atoms with Crippen LogP contribution in [0.1, 0.15) is 45.5 Å². The van der Waals surface area contributed by atoms with E-state index >= 15 is 0 Å². The van der Waals surface area contributed by atoms with Gasteiger partial charge in [0.15, 0.2) is 0 Å². The molecule has 3 aromatic rings. The SMILES string of the molecule is Cc1cc(C)c2nc(SCC(=O)Nc3sc4c(c3C#N)CCCC4)c(C#N)cc2c1. The topological polar surface area (TPSA) is 89.6 Å². The van der Waals surface area contributed by atoms with Gasteiger partial charge in [0, 0.05) is 10.3 Å². The third-order valence-electron chi connectivity index (χ3n) is 5.21. The number of aromatic nitrogens is 1. The van der Waals surface area contributed by atoms with Crippen LogP contribution in [0.2, 0.25) is 0 Å². The van der Waals surface area contributed by atoms with E-state index in [0.29, 0.717) is 21.2 Å². The Labute approximate surface area is 183 Å². The van der Waals surface area contributed by atoms with Crippen LogP contribution in [0.3, 0.4) is 0 Å². The molecule has 0 spiro atoms. The standard InChI is InChI=1S/C23H20N4OS2/c1-13-7-14(2)21-15(8-13)9-16(10-24)22(27-21)29-12-20(28)26-23-18(11-25)17-5-3-4-6-19(17)30-23/h7-9H,3-6,12H2,1-2H3,(H,26,28). The van der Waals surface area contributed by atoms with Crippen molar-refractivity contribution in [3.8, 4) is 12.1 Å². The van der Waals surface area contributed by atoms with Gasteiger partial charge in [-0.1, -0.05) is 23.4 Å². The van der Waals surface area contributed by atoms with E-state index in [1.165, 1.54) is 28.0 Å². The number of benzene rings is 1. The summed E-state index contributed by atoms with van der Waals surface area (Å²) >= 11 is 2.77. The average Bonchev–Trinajstić information content (AvgIpc) is 3.08. The molecule has 150 valence electrons. The zero-order valence-corrected chi connectivity index (χ0v) is 18.5. The molecule has 4 rings (SSSR count). The minimum Gasteiger partial charge on any atom is -0.316 e. The van der Waals surface area contributed by atoms with E-state index in [4.69, 9.17) is 0 Å². The largest absolute Gasteiger partial charge is 0.316 e. The van der Waals surface area contributed by atoms with Crippen LogP contribution in [0.15, 0.2) is 23.2 Å². The van der Waals surface area contributed by atoms with Gasteiger partial charge in [-0.25, -0.2) is 4.98 Å². The minimum absolute atomic E-state index is 0.130. The highest BCUT2D eigenvalue weighted by Crippen LogP contribution is 2.37. The number of rotatable bonds is 4. The first-order chi connectivity index (χ1) is 14.5. The van der Waals surface area contributed by atoms with E-state index in [-0.39, 0.29) is 11.7 Å². The number of nitrogens with one attached hydrogen (secondary N) is 1. The number of aryl methyl sites for hydroxylation is 3. The van der Waals surface area contributed by atoms with E-state index in [2.05, 4.69) is 28.5 Å². The van der Waals surface area contributed by atoms with Crippen molar-refractivity contribution < 1.29 is 4.79 Å². The molecule has 0 saturated heterocycles. The second-order valence-electron chi connectivity index (χ2n) is 7.47. The van der Waals surface area contributed by atoms with Gasteiger partial charge in [-0.2, -0.15) is 10.5 Å². The molecule has 0 radical (unpaired) electrons. The van der Waals surface area contributed by atoms with Crippen molar-refractivity contribution in [1.29, 1.82) is 10.5 Å². The Bertz CT molecular complexity index is 1250. The summed E-state index contributed by atoms with van der Waals surface area (Å²) in [6.45, 7) is 4.01. The van der Waals surface area contributed by atoms with Crippen molar-refractivity contribution in [2.24, 2.45) is 0 Å². The maximum absolute atomic E-state index is 12.6. The molecule has 1 aliphatic rings. The molecule has 2 heterocycles. The average molecular weight is 433 g/mol. The van der Waals surface area contributed by atoms with Crippen LogP contribution in [0.4, 0.5) is 5.00 Å². The summed E-state index contributed by atoms with van der Waals surface area (Å²) in [5.41, 5.74) is 5.20. The molecule has 1 aliphatic carbocycles. The molecule has 0 saturated carbocycles. The zero-order chi connectivity index (χ0) is 21.3. The van der Waals surface area contributed by atoms with Crippen LogP contribution in [-0.4, -0.2) is 16.6 Å². The summed E-state index contributed by atoms with van der Waals surface area (Å²) < 4.78 is 0. The Morgan fingerprint density at radius 1 is 1.20 bits per heavy atom. The molecule has 0 atom stereocenters. The fraction of sp³-hybridized carbons (Fsp3) is 0.304. The molecule has 7 heteroatoms. The van der Waals surface area contributed by atoms with Gasteiger partial charge in [-0.15, -0.1) is 11.3 Å². The third-order valence-corrected chi connectivity index (χ3v) is 7.41. The van der Waals surface area contributed by atoms with E-state index in [0.717, 1.165) is 53.3 Å². The van der Waals surface area contributed by atoms with Gasteiger partial charge in [0.05, 0.1) is 22.4 Å². The number of thioether (sulfide) groups is 1. The van der Waals surface area contributed by atoms with E-state index in [9.17, 15) is 15.3 Å². The van der Waals surface area contributed by atoms with Crippen LogP contribution in [0, 0.1) is 36.5 Å². The lowest BCUT2D eigenvalue weighted by Crippen LogP contribution is -2.14. The Morgan fingerprint density at radius 3 is 2.77 bits per heavy atom. The van der Waals surface area contributed by atoms with Crippen LogP contribution in [0.5, 0.6) is 0 Å². The molecule has 30 heavy (non-hydrogen) atoms. The number of nitriles is 2. The first kappa shape index (κ1) is 20.4. The predicted octanol–water partition coefficient (Wildman–Crippen LogP) is 5.27. The van der Waals surface area contributed by atoms with Crippen molar-refractivity contribution in [2.75, 3.05) is 11.1 Å². The lowest BCUT2D eigenvalue weighted by atomic mass is 9.96. The number of carbonyl (C=O) groups is 1. The van der Waals surface area contributed by atoms with Crippen molar-refractivity contribution >= 4 is 44.9 Å². The number of hydrogen-bond acceptors (Lipinski definition) is 6. The third kappa shape index (κ3) is 3.92. The van der Waals surface area contributed by atoms with Gasteiger partial charge in [0.1, 0.15) is 22.2 Å². The number of fused-ring (bicyclic) bond motifs is 2. The molecule has 1 amide bonds. The second kappa shape index (κ2) is 8.47. The molecule has 1 aromatic carbocycles. The Morgan fingerprint density at radius 2 is 2.00 bits per heavy atom. The first-order valence-electron chi connectivity index (χ1n) is 9.79. The Balaban J connectivity index is 1.53. The van der Waals surface area contributed by atoms with Gasteiger partial charge in [-0.3, -0.25) is 4.79 Å². The molecule has 2 aromatic heterocycles. The highest BCUT2D eigenvalue weighted by atomic mass is 32.2. The summed E-state index contributed by atoms with van der Waals surface area (Å²) in [5, 5.41) is 24.1. The fourth-order valence-electron chi connectivity index (χ4n) is 3.89. The number of carbonyl (C=O) groups excluding carboxylic acids is 1. The number of thiophene rings is 1. The predicted molar refractivity (Wildman–Crippen MR) is 121 cm³/mol. The number of nitrogens with zero attached hydrogens (tertiary/aromatic N) is 3. The van der Waals surface area contributed by atoms with E-state index in [1.807, 2.05) is 26.0 Å². The maximum Gasteiger partial charge on any atom is 0.235 e. The van der Waals surface area contributed by atoms with E-state index in [1.54, 1.807) is 0 Å². The molecular weight excluding hydrogens is 412 g/mol. The van der Waals surface area contributed by atoms with Crippen LogP contribution in [0.25, 0.3) is 10.9 Å². The highest BCUT2D eigenvalue weighted by Gasteiger charge is 2.22. The number of pyridine rings is 1. The monoisotopic (exact) mass is 432 g/mol. The molecule has 1 N–H and O–H groups in total. The Kier molecular flexibility index (Phi) is 5.76. The van der Waals surface area contributed by atoms with Crippen molar-refractivity contribution in [1.82, 2.24) is 4.98 Å². The molecule has 0 fully saturated rings. The van der Waals surface area contributed by atoms with Crippen LogP contribution >= 0.6 is 23.1 Å². The van der Waals surface area contributed by atoms with Crippen LogP contribution in [-0.2, 0) is 17.6 Å². The van der Waals surface area contributed by atoms with Crippen molar-refractivity contribution in [3.05, 3.63) is 50.9 Å². The lowest BCUT2D eigenvalue weighted by Gasteiger charge is -2.09. The summed E-state index contributed by atoms with van der Waals surface area (Å²) in [6, 6.07) is 10.4. The van der Waals surface area contributed by atoms with Crippen molar-refractivity contribution in [2.45, 2.75) is 44.6 Å². The van der Waals surface area contributed by atoms with Gasteiger partial charge in [0.2, 0.25) is 5.91 Å². The number of amides is 1. The minimum atomic E-state index is -0.193. The fourth-order valence-corrected chi connectivity index (χ4v) is 5.91. The smallest absolute Gasteiger partial charge is 0.235 e. The lowest BCUT2D eigenvalue weighted by molar-refractivity contribution is -0.113. The summed E-state index contributed by atoms with van der Waals surface area (Å²) in [7, 11) is 0. The summed E-state index contributed by atoms with van der Waals surface area (Å²) in [5.74, 6) is -0.0626. The maximum atomic E-state index is 12.6. The number of hydrogen-bond donors (Lipinski definition) is 1. The molecule has 0 unspecified atom stereocenters. The zero-order valence-electron chi connectivity index (χ0n) is 16.8. The Hall–Kier alpha value is -2.87. The second-order valence-corrected chi connectivity index (χ2v) is 9.54. The summed E-state index contributed by atoms with van der Waals surface area (Å²) in [6.07, 6.45) is 4.10. The molecule has 5 nitrogen and oxygen atoms in total. The van der Waals surface area contributed by atoms with Gasteiger partial charge in [0.25, 0.3) is 0 Å². The molecule has 0 aliphatic heterocycles.